The summed E-state index contributed by atoms with van der Waals surface area (Å²) in [7, 11) is 1.78. The lowest BCUT2D eigenvalue weighted by molar-refractivity contribution is -0.116. The summed E-state index contributed by atoms with van der Waals surface area (Å²) in [6, 6.07) is 3.72. The molecule has 0 spiro atoms. The first-order chi connectivity index (χ1) is 9.04. The van der Waals surface area contributed by atoms with Gasteiger partial charge in [0.25, 0.3) is 0 Å². The van der Waals surface area contributed by atoms with Crippen molar-refractivity contribution in [1.29, 1.82) is 0 Å². The molecule has 0 saturated heterocycles. The Labute approximate surface area is 115 Å². The van der Waals surface area contributed by atoms with Crippen molar-refractivity contribution >= 4 is 28.7 Å². The van der Waals surface area contributed by atoms with E-state index in [1.807, 2.05) is 13.0 Å². The monoisotopic (exact) mass is 277 g/mol. The van der Waals surface area contributed by atoms with E-state index in [1.165, 1.54) is 11.3 Å². The van der Waals surface area contributed by atoms with Crippen LogP contribution in [0.25, 0.3) is 0 Å². The third kappa shape index (κ3) is 3.75. The number of carbonyl (C=O) groups excluding carboxylic acids is 2. The first kappa shape index (κ1) is 13.5. The Morgan fingerprint density at radius 3 is 2.74 bits per heavy atom. The minimum atomic E-state index is -0.172. The number of Topliss-reactive ketones (excluding diaryl/α,β-unsaturated/α-hetero) is 1. The average Bonchev–Trinajstić information content (AvgIpc) is 2.95. The number of nitrogens with zero attached hydrogens (tertiary/aromatic N) is 2. The third-order valence-corrected chi connectivity index (χ3v) is 3.62. The molecular weight excluding hydrogens is 262 g/mol. The summed E-state index contributed by atoms with van der Waals surface area (Å²) < 4.78 is 1.61. The number of thiophene rings is 1. The van der Waals surface area contributed by atoms with Gasteiger partial charge in [0, 0.05) is 31.0 Å². The Bertz CT molecular complexity index is 601. The van der Waals surface area contributed by atoms with Gasteiger partial charge in [0.15, 0.2) is 5.78 Å². The second-order valence-corrected chi connectivity index (χ2v) is 5.57. The number of amides is 1. The number of ketones is 1. The van der Waals surface area contributed by atoms with Gasteiger partial charge in [0.1, 0.15) is 0 Å². The fourth-order valence-corrected chi connectivity index (χ4v) is 2.48. The Kier molecular flexibility index (Phi) is 4.11. The SMILES string of the molecule is Cc1ccc(C(=O)CCC(=O)Nc2cnn(C)c2)s1. The highest BCUT2D eigenvalue weighted by Crippen LogP contribution is 2.17. The fourth-order valence-electron chi connectivity index (χ4n) is 1.64. The molecule has 1 N–H and O–H groups in total. The van der Waals surface area contributed by atoms with Crippen LogP contribution in [0.3, 0.4) is 0 Å². The molecule has 100 valence electrons. The average molecular weight is 277 g/mol. The van der Waals surface area contributed by atoms with Crippen LogP contribution >= 0.6 is 11.3 Å². The van der Waals surface area contributed by atoms with Crippen LogP contribution in [0.4, 0.5) is 5.69 Å². The number of anilines is 1. The number of nitrogens with one attached hydrogen (secondary N) is 1. The van der Waals surface area contributed by atoms with E-state index in [2.05, 4.69) is 10.4 Å². The molecule has 2 heterocycles. The fraction of sp³-hybridized carbons (Fsp3) is 0.308. The van der Waals surface area contributed by atoms with Crippen molar-refractivity contribution in [3.63, 3.8) is 0 Å². The zero-order chi connectivity index (χ0) is 13.8. The summed E-state index contributed by atoms with van der Waals surface area (Å²) in [5, 5.41) is 6.66. The van der Waals surface area contributed by atoms with Crippen molar-refractivity contribution in [3.8, 4) is 0 Å². The number of carbonyl (C=O) groups is 2. The van der Waals surface area contributed by atoms with Crippen molar-refractivity contribution in [1.82, 2.24) is 9.78 Å². The molecule has 0 radical (unpaired) electrons. The molecule has 5 nitrogen and oxygen atoms in total. The molecule has 6 heteroatoms. The van der Waals surface area contributed by atoms with Crippen LogP contribution in [0.15, 0.2) is 24.5 Å². The molecule has 0 saturated carbocycles. The highest BCUT2D eigenvalue weighted by Gasteiger charge is 2.11. The molecule has 2 aromatic rings. The second-order valence-electron chi connectivity index (χ2n) is 4.28. The maximum atomic E-state index is 11.8. The summed E-state index contributed by atoms with van der Waals surface area (Å²) >= 11 is 1.46. The summed E-state index contributed by atoms with van der Waals surface area (Å²) in [5.74, 6) is -0.158. The van der Waals surface area contributed by atoms with Crippen LogP contribution in [0.1, 0.15) is 27.4 Å². The van der Waals surface area contributed by atoms with Gasteiger partial charge in [0.05, 0.1) is 16.8 Å². The molecule has 1 amide bonds. The van der Waals surface area contributed by atoms with E-state index in [0.29, 0.717) is 10.6 Å². The van der Waals surface area contributed by atoms with Gasteiger partial charge in [-0.05, 0) is 19.1 Å². The van der Waals surface area contributed by atoms with Gasteiger partial charge in [-0.2, -0.15) is 5.10 Å². The second kappa shape index (κ2) is 5.79. The number of aryl methyl sites for hydroxylation is 2. The summed E-state index contributed by atoms with van der Waals surface area (Å²) in [6.45, 7) is 1.95. The van der Waals surface area contributed by atoms with E-state index >= 15 is 0 Å². The van der Waals surface area contributed by atoms with Crippen LogP contribution < -0.4 is 5.32 Å². The topological polar surface area (TPSA) is 64.0 Å². The molecule has 0 aliphatic carbocycles. The molecule has 0 fully saturated rings. The van der Waals surface area contributed by atoms with E-state index in [0.717, 1.165) is 4.88 Å². The quantitative estimate of drug-likeness (QED) is 0.853. The predicted molar refractivity (Wildman–Crippen MR) is 74.5 cm³/mol. The van der Waals surface area contributed by atoms with Gasteiger partial charge in [0.2, 0.25) is 5.91 Å². The zero-order valence-corrected chi connectivity index (χ0v) is 11.7. The van der Waals surface area contributed by atoms with E-state index in [1.54, 1.807) is 30.2 Å². The van der Waals surface area contributed by atoms with Gasteiger partial charge >= 0.3 is 0 Å². The minimum absolute atomic E-state index is 0.0134. The summed E-state index contributed by atoms with van der Waals surface area (Å²) in [6.07, 6.45) is 3.70. The normalized spacial score (nSPS) is 10.4. The largest absolute Gasteiger partial charge is 0.323 e. The third-order valence-electron chi connectivity index (χ3n) is 2.58. The lowest BCUT2D eigenvalue weighted by atomic mass is 10.2. The number of aromatic nitrogens is 2. The van der Waals surface area contributed by atoms with E-state index in [-0.39, 0.29) is 24.5 Å². The first-order valence-electron chi connectivity index (χ1n) is 5.93. The molecule has 0 aliphatic heterocycles. The van der Waals surface area contributed by atoms with Crippen LogP contribution in [0.2, 0.25) is 0 Å². The van der Waals surface area contributed by atoms with Gasteiger partial charge < -0.3 is 5.32 Å². The number of rotatable bonds is 5. The lowest BCUT2D eigenvalue weighted by Gasteiger charge is -2.01. The molecule has 0 aliphatic rings. The minimum Gasteiger partial charge on any atom is -0.323 e. The van der Waals surface area contributed by atoms with Crippen LogP contribution in [0.5, 0.6) is 0 Å². The highest BCUT2D eigenvalue weighted by molar-refractivity contribution is 7.14. The van der Waals surface area contributed by atoms with Crippen molar-refractivity contribution in [2.45, 2.75) is 19.8 Å². The Morgan fingerprint density at radius 1 is 1.37 bits per heavy atom. The van der Waals surface area contributed by atoms with Crippen molar-refractivity contribution in [2.75, 3.05) is 5.32 Å². The maximum absolute atomic E-state index is 11.8. The van der Waals surface area contributed by atoms with E-state index in [9.17, 15) is 9.59 Å². The van der Waals surface area contributed by atoms with Gasteiger partial charge in [-0.3, -0.25) is 14.3 Å². The summed E-state index contributed by atoms with van der Waals surface area (Å²) in [5.41, 5.74) is 0.645. The first-order valence-corrected chi connectivity index (χ1v) is 6.74. The van der Waals surface area contributed by atoms with Gasteiger partial charge in [-0.25, -0.2) is 0 Å². The smallest absolute Gasteiger partial charge is 0.224 e. The Balaban J connectivity index is 1.82. The van der Waals surface area contributed by atoms with Crippen LogP contribution in [-0.2, 0) is 11.8 Å². The van der Waals surface area contributed by atoms with E-state index in [4.69, 9.17) is 0 Å². The molecule has 2 rings (SSSR count). The van der Waals surface area contributed by atoms with Crippen molar-refractivity contribution < 1.29 is 9.59 Å². The molecule has 0 unspecified atom stereocenters. The molecule has 2 aromatic heterocycles. The van der Waals surface area contributed by atoms with Crippen LogP contribution in [0, 0.1) is 6.92 Å². The molecular formula is C13H15N3O2S. The Morgan fingerprint density at radius 2 is 2.16 bits per heavy atom. The van der Waals surface area contributed by atoms with Crippen LogP contribution in [-0.4, -0.2) is 21.5 Å². The predicted octanol–water partition coefficient (Wildman–Crippen LogP) is 2.39. The lowest BCUT2D eigenvalue weighted by Crippen LogP contribution is -2.12. The van der Waals surface area contributed by atoms with Crippen molar-refractivity contribution in [3.05, 3.63) is 34.3 Å². The molecule has 0 atom stereocenters. The van der Waals surface area contributed by atoms with Gasteiger partial charge in [-0.15, -0.1) is 11.3 Å². The van der Waals surface area contributed by atoms with Crippen molar-refractivity contribution in [2.24, 2.45) is 7.05 Å². The highest BCUT2D eigenvalue weighted by atomic mass is 32.1. The maximum Gasteiger partial charge on any atom is 0.224 e. The number of hydrogen-bond donors (Lipinski definition) is 1. The Hall–Kier alpha value is -1.95. The zero-order valence-electron chi connectivity index (χ0n) is 10.8. The number of hydrogen-bond acceptors (Lipinski definition) is 4. The van der Waals surface area contributed by atoms with E-state index < -0.39 is 0 Å². The molecule has 19 heavy (non-hydrogen) atoms. The molecule has 0 aromatic carbocycles. The van der Waals surface area contributed by atoms with Gasteiger partial charge in [-0.1, -0.05) is 0 Å². The molecule has 0 bridgehead atoms. The standard InChI is InChI=1S/C13H15N3O2S/c1-9-3-5-12(19-9)11(17)4-6-13(18)15-10-7-14-16(2)8-10/h3,5,7-8H,4,6H2,1-2H3,(H,15,18). The summed E-state index contributed by atoms with van der Waals surface area (Å²) in [4.78, 5) is 25.3.